The maximum Gasteiger partial charge on any atom is 0.172 e. The predicted molar refractivity (Wildman–Crippen MR) is 45.3 cm³/mol. The summed E-state index contributed by atoms with van der Waals surface area (Å²) in [5, 5.41) is 18.4. The average molecular weight is 189 g/mol. The molecular formula is C8H15NO4. The van der Waals surface area contributed by atoms with Crippen LogP contribution in [0.25, 0.3) is 0 Å². The molecule has 1 heterocycles. The van der Waals surface area contributed by atoms with Gasteiger partial charge in [-0.3, -0.25) is 9.69 Å². The van der Waals surface area contributed by atoms with Gasteiger partial charge in [-0.05, 0) is 0 Å². The van der Waals surface area contributed by atoms with E-state index in [9.17, 15) is 15.0 Å². The van der Waals surface area contributed by atoms with Crippen LogP contribution in [0, 0.1) is 0 Å². The third-order valence-electron chi connectivity index (χ3n) is 2.04. The van der Waals surface area contributed by atoms with Gasteiger partial charge in [-0.25, -0.2) is 0 Å². The van der Waals surface area contributed by atoms with Gasteiger partial charge in [-0.15, -0.1) is 0 Å². The zero-order valence-electron chi connectivity index (χ0n) is 7.64. The lowest BCUT2D eigenvalue weighted by Crippen LogP contribution is -2.30. The van der Waals surface area contributed by atoms with Gasteiger partial charge in [-0.2, -0.15) is 0 Å². The third kappa shape index (κ3) is 3.04. The van der Waals surface area contributed by atoms with E-state index in [-0.39, 0.29) is 18.9 Å². The number of ketones is 1. The largest absolute Gasteiger partial charge is 0.389 e. The first-order valence-electron chi connectivity index (χ1n) is 4.22. The summed E-state index contributed by atoms with van der Waals surface area (Å²) >= 11 is 0. The molecule has 5 heteroatoms. The van der Waals surface area contributed by atoms with E-state index in [1.807, 2.05) is 0 Å². The highest BCUT2D eigenvalue weighted by atomic mass is 16.5. The Hall–Kier alpha value is -0.490. The highest BCUT2D eigenvalue weighted by molar-refractivity contribution is 5.81. The molecule has 0 aliphatic carbocycles. The number of aliphatic hydroxyl groups is 2. The Morgan fingerprint density at radius 1 is 1.46 bits per heavy atom. The molecule has 0 bridgehead atoms. The average Bonchev–Trinajstić information content (AvgIpc) is 2.31. The van der Waals surface area contributed by atoms with Crippen molar-refractivity contribution in [3.8, 4) is 0 Å². The molecule has 76 valence electrons. The van der Waals surface area contributed by atoms with Crippen LogP contribution >= 0.6 is 0 Å². The molecule has 2 atom stereocenters. The number of likely N-dealkylation sites (tertiary alicyclic amines) is 1. The molecule has 0 aromatic carbocycles. The van der Waals surface area contributed by atoms with Crippen LogP contribution in [0.4, 0.5) is 0 Å². The number of hydrogen-bond acceptors (Lipinski definition) is 5. The maximum absolute atomic E-state index is 11.1. The van der Waals surface area contributed by atoms with Crippen LogP contribution < -0.4 is 0 Å². The molecule has 0 radical (unpaired) electrons. The molecule has 0 amide bonds. The summed E-state index contributed by atoms with van der Waals surface area (Å²) in [5.74, 6) is -0.0381. The molecule has 1 fully saturated rings. The number of carbonyl (C=O) groups is 1. The van der Waals surface area contributed by atoms with Gasteiger partial charge >= 0.3 is 0 Å². The molecule has 1 aliphatic rings. The fraction of sp³-hybridized carbons (Fsp3) is 0.875. The van der Waals surface area contributed by atoms with E-state index in [1.54, 1.807) is 4.90 Å². The molecule has 1 rings (SSSR count). The normalized spacial score (nSPS) is 29.5. The van der Waals surface area contributed by atoms with E-state index < -0.39 is 12.2 Å². The fourth-order valence-corrected chi connectivity index (χ4v) is 1.43. The number of ether oxygens (including phenoxy) is 1. The van der Waals surface area contributed by atoms with E-state index in [0.717, 1.165) is 0 Å². The summed E-state index contributed by atoms with van der Waals surface area (Å²) in [4.78, 5) is 12.8. The van der Waals surface area contributed by atoms with E-state index in [0.29, 0.717) is 13.1 Å². The molecule has 0 aromatic rings. The van der Waals surface area contributed by atoms with Crippen molar-refractivity contribution < 1.29 is 19.7 Å². The second kappa shape index (κ2) is 4.66. The van der Waals surface area contributed by atoms with Crippen molar-refractivity contribution in [3.63, 3.8) is 0 Å². The number of carbonyl (C=O) groups excluding carboxylic acids is 1. The van der Waals surface area contributed by atoms with Crippen LogP contribution in [0.3, 0.4) is 0 Å². The Morgan fingerprint density at radius 2 is 2.00 bits per heavy atom. The summed E-state index contributed by atoms with van der Waals surface area (Å²) in [6.45, 7) is 1.04. The molecule has 2 unspecified atom stereocenters. The Balaban J connectivity index is 2.27. The zero-order valence-corrected chi connectivity index (χ0v) is 7.64. The molecular weight excluding hydrogens is 174 g/mol. The lowest BCUT2D eigenvalue weighted by molar-refractivity contribution is -0.123. The Bertz CT molecular complexity index is 175. The van der Waals surface area contributed by atoms with Crippen LogP contribution in [0.5, 0.6) is 0 Å². The maximum atomic E-state index is 11.1. The predicted octanol–water partition coefficient (Wildman–Crippen LogP) is -1.76. The fourth-order valence-electron chi connectivity index (χ4n) is 1.43. The van der Waals surface area contributed by atoms with E-state index in [1.165, 1.54) is 7.11 Å². The third-order valence-corrected chi connectivity index (χ3v) is 2.04. The van der Waals surface area contributed by atoms with Crippen molar-refractivity contribution in [2.45, 2.75) is 12.2 Å². The van der Waals surface area contributed by atoms with Crippen molar-refractivity contribution in [2.24, 2.45) is 0 Å². The van der Waals surface area contributed by atoms with Crippen LogP contribution in [0.2, 0.25) is 0 Å². The van der Waals surface area contributed by atoms with Gasteiger partial charge in [0, 0.05) is 20.2 Å². The summed E-state index contributed by atoms with van der Waals surface area (Å²) in [5.41, 5.74) is 0. The van der Waals surface area contributed by atoms with Crippen LogP contribution in [-0.2, 0) is 9.53 Å². The van der Waals surface area contributed by atoms with Crippen molar-refractivity contribution in [1.29, 1.82) is 0 Å². The first-order chi connectivity index (χ1) is 6.13. The van der Waals surface area contributed by atoms with Crippen molar-refractivity contribution in [3.05, 3.63) is 0 Å². The van der Waals surface area contributed by atoms with Crippen LogP contribution in [-0.4, -0.2) is 66.5 Å². The van der Waals surface area contributed by atoms with Crippen molar-refractivity contribution in [1.82, 2.24) is 4.90 Å². The summed E-state index contributed by atoms with van der Waals surface area (Å²) in [6, 6.07) is 0. The van der Waals surface area contributed by atoms with E-state index in [4.69, 9.17) is 0 Å². The van der Waals surface area contributed by atoms with E-state index >= 15 is 0 Å². The monoisotopic (exact) mass is 189 g/mol. The molecule has 0 spiro atoms. The topological polar surface area (TPSA) is 70.0 Å². The van der Waals surface area contributed by atoms with Gasteiger partial charge in [-0.1, -0.05) is 0 Å². The lowest BCUT2D eigenvalue weighted by atomic mass is 10.3. The first kappa shape index (κ1) is 10.6. The number of hydrogen-bond donors (Lipinski definition) is 2. The van der Waals surface area contributed by atoms with Gasteiger partial charge in [0.2, 0.25) is 0 Å². The molecule has 0 saturated carbocycles. The van der Waals surface area contributed by atoms with Crippen LogP contribution in [0.15, 0.2) is 0 Å². The smallest absolute Gasteiger partial charge is 0.172 e. The number of β-amino-alcohol motifs (C(OH)–C–C–N with tert-alkyl or cyclic N) is 2. The molecule has 0 aromatic heterocycles. The highest BCUT2D eigenvalue weighted by Gasteiger charge is 2.30. The quantitative estimate of drug-likeness (QED) is 0.548. The number of rotatable bonds is 4. The first-order valence-corrected chi connectivity index (χ1v) is 4.22. The van der Waals surface area contributed by atoms with Gasteiger partial charge < -0.3 is 14.9 Å². The molecule has 13 heavy (non-hydrogen) atoms. The Labute approximate surface area is 76.9 Å². The molecule has 1 aliphatic heterocycles. The summed E-state index contributed by atoms with van der Waals surface area (Å²) < 4.78 is 4.67. The molecule has 1 saturated heterocycles. The van der Waals surface area contributed by atoms with Gasteiger partial charge in [0.1, 0.15) is 6.61 Å². The van der Waals surface area contributed by atoms with Gasteiger partial charge in [0.15, 0.2) is 5.78 Å². The number of methoxy groups -OCH3 is 1. The standard InChI is InChI=1S/C8H15NO4/c1-13-5-6(10)2-9-3-7(11)8(12)4-9/h7-8,11-12H,2-5H2,1H3. The molecule has 2 N–H and O–H groups in total. The van der Waals surface area contributed by atoms with Gasteiger partial charge in [0.25, 0.3) is 0 Å². The number of nitrogens with zero attached hydrogens (tertiary/aromatic N) is 1. The lowest BCUT2D eigenvalue weighted by Gasteiger charge is -2.12. The Morgan fingerprint density at radius 3 is 2.46 bits per heavy atom. The van der Waals surface area contributed by atoms with Crippen LogP contribution in [0.1, 0.15) is 0 Å². The summed E-state index contributed by atoms with van der Waals surface area (Å²) in [7, 11) is 1.46. The zero-order chi connectivity index (χ0) is 9.84. The van der Waals surface area contributed by atoms with Crippen molar-refractivity contribution in [2.75, 3.05) is 33.4 Å². The SMILES string of the molecule is COCC(=O)CN1CC(O)C(O)C1. The number of Topliss-reactive ketones (excluding diaryl/α,β-unsaturated/α-hetero) is 1. The van der Waals surface area contributed by atoms with Gasteiger partial charge in [0.05, 0.1) is 18.8 Å². The minimum atomic E-state index is -0.727. The second-order valence-electron chi connectivity index (χ2n) is 3.30. The second-order valence-corrected chi connectivity index (χ2v) is 3.30. The highest BCUT2D eigenvalue weighted by Crippen LogP contribution is 2.08. The number of aliphatic hydroxyl groups excluding tert-OH is 2. The minimum Gasteiger partial charge on any atom is -0.389 e. The summed E-state index contributed by atoms with van der Waals surface area (Å²) in [6.07, 6.45) is -1.45. The minimum absolute atomic E-state index is 0.0381. The Kier molecular flexibility index (Phi) is 3.80. The van der Waals surface area contributed by atoms with E-state index in [2.05, 4.69) is 4.74 Å². The molecule has 5 nitrogen and oxygen atoms in total. The van der Waals surface area contributed by atoms with Crippen molar-refractivity contribution >= 4 is 5.78 Å².